The molecule has 2 aliphatic rings. The van der Waals surface area contributed by atoms with Crippen LogP contribution in [0.3, 0.4) is 0 Å². The molecule has 3 heterocycles. The molecule has 2 fully saturated rings. The Morgan fingerprint density at radius 3 is 2.37 bits per heavy atom. The predicted molar refractivity (Wildman–Crippen MR) is 152 cm³/mol. The third-order valence-electron chi connectivity index (χ3n) is 7.37. The Balaban J connectivity index is 0.00000253. The quantitative estimate of drug-likeness (QED) is 0.472. The predicted octanol–water partition coefficient (Wildman–Crippen LogP) is 4.20. The normalized spacial score (nSPS) is 19.9. The highest BCUT2D eigenvalue weighted by atomic mass is 35.5. The zero-order valence-corrected chi connectivity index (χ0v) is 24.0. The Kier molecular flexibility index (Phi) is 11.8. The van der Waals surface area contributed by atoms with Gasteiger partial charge in [0.1, 0.15) is 17.3 Å². The van der Waals surface area contributed by atoms with Crippen molar-refractivity contribution in [1.29, 1.82) is 0 Å². The lowest BCUT2D eigenvalue weighted by Gasteiger charge is -2.52. The van der Waals surface area contributed by atoms with Crippen molar-refractivity contribution >= 4 is 36.6 Å². The lowest BCUT2D eigenvalue weighted by atomic mass is 9.80. The Bertz CT molecular complexity index is 1030. The number of aliphatic hydroxyl groups is 1. The van der Waals surface area contributed by atoms with Crippen LogP contribution in [0.1, 0.15) is 52.0 Å². The molecule has 210 valence electrons. The lowest BCUT2D eigenvalue weighted by molar-refractivity contribution is -0.165. The molecule has 10 heteroatoms. The number of rotatable bonds is 9. The van der Waals surface area contributed by atoms with Gasteiger partial charge in [-0.3, -0.25) is 14.5 Å². The van der Waals surface area contributed by atoms with E-state index in [1.165, 1.54) is 0 Å². The second kappa shape index (κ2) is 14.1. The highest BCUT2D eigenvalue weighted by Crippen LogP contribution is 2.35. The van der Waals surface area contributed by atoms with Gasteiger partial charge in [0.25, 0.3) is 0 Å². The van der Waals surface area contributed by atoms with Gasteiger partial charge in [0.05, 0.1) is 6.10 Å². The number of piperazine rings is 1. The molecule has 2 aliphatic heterocycles. The largest absolute Gasteiger partial charge is 0.439 e. The number of carbonyl (C=O) groups excluding carboxylic acids is 2. The van der Waals surface area contributed by atoms with E-state index >= 15 is 0 Å². The summed E-state index contributed by atoms with van der Waals surface area (Å²) in [5, 5.41) is 13.5. The number of pyridine rings is 1. The molecule has 2 aromatic rings. The number of carbonyl (C=O) groups is 2. The highest BCUT2D eigenvalue weighted by molar-refractivity contribution is 6.00. The van der Waals surface area contributed by atoms with Gasteiger partial charge in [-0.2, -0.15) is 0 Å². The molecule has 1 aromatic carbocycles. The smallest absolute Gasteiger partial charge is 0.248 e. The summed E-state index contributed by atoms with van der Waals surface area (Å²) in [7, 11) is 0. The van der Waals surface area contributed by atoms with E-state index in [2.05, 4.69) is 22.1 Å². The van der Waals surface area contributed by atoms with Crippen molar-refractivity contribution in [3.63, 3.8) is 0 Å². The van der Waals surface area contributed by atoms with Crippen LogP contribution in [-0.2, 0) is 16.1 Å². The maximum Gasteiger partial charge on any atom is 0.248 e. The molecule has 0 aliphatic carbocycles. The molecule has 1 spiro atoms. The first-order chi connectivity index (χ1) is 17.3. The van der Waals surface area contributed by atoms with E-state index < -0.39 is 17.7 Å². The van der Waals surface area contributed by atoms with Gasteiger partial charge in [0, 0.05) is 38.4 Å². The fourth-order valence-corrected chi connectivity index (χ4v) is 5.11. The summed E-state index contributed by atoms with van der Waals surface area (Å²) in [5.41, 5.74) is 0.222. The molecule has 0 saturated carbocycles. The van der Waals surface area contributed by atoms with E-state index in [0.29, 0.717) is 44.9 Å². The van der Waals surface area contributed by atoms with Gasteiger partial charge in [-0.1, -0.05) is 51.5 Å². The van der Waals surface area contributed by atoms with E-state index in [1.54, 1.807) is 4.90 Å². The van der Waals surface area contributed by atoms with E-state index in [9.17, 15) is 14.7 Å². The number of aliphatic hydroxyl groups excluding tert-OH is 1. The Morgan fingerprint density at radius 1 is 1.11 bits per heavy atom. The number of aromatic nitrogens is 1. The van der Waals surface area contributed by atoms with Gasteiger partial charge >= 0.3 is 0 Å². The molecule has 1 aromatic heterocycles. The van der Waals surface area contributed by atoms with Crippen LogP contribution in [0.5, 0.6) is 11.6 Å². The summed E-state index contributed by atoms with van der Waals surface area (Å²) in [6.45, 7) is 8.45. The third kappa shape index (κ3) is 6.97. The zero-order valence-electron chi connectivity index (χ0n) is 22.3. The van der Waals surface area contributed by atoms with Gasteiger partial charge in [-0.25, -0.2) is 4.98 Å². The van der Waals surface area contributed by atoms with Crippen LogP contribution in [0, 0.1) is 5.92 Å². The zero-order chi connectivity index (χ0) is 25.7. The SMILES string of the molecule is CCCCN1C(=O)[C@@H]([C@H](O)C(C)C)NC(=O)C12CCN(Cc1ccc(Oc3ccccc3)nc1)CC2.Cl.Cl. The standard InChI is InChI=1S/C28H38N4O4.2ClH/c1-4-5-15-32-26(34)24(25(33)20(2)3)30-27(35)28(32)13-16-31(17-14-28)19-21-11-12-23(29-18-21)36-22-9-7-6-8-10-22;;/h6-12,18,20,24-25,33H,4-5,13-17,19H2,1-3H3,(H,30,35);2*1H/t24-,25-;;/m1../s1. The molecule has 2 amide bonds. The number of hydrogen-bond acceptors (Lipinski definition) is 6. The lowest BCUT2D eigenvalue weighted by Crippen LogP contribution is -2.74. The number of para-hydroxylation sites is 1. The van der Waals surface area contributed by atoms with Crippen molar-refractivity contribution < 1.29 is 19.4 Å². The van der Waals surface area contributed by atoms with Gasteiger partial charge in [0.15, 0.2) is 0 Å². The third-order valence-corrected chi connectivity index (χ3v) is 7.37. The van der Waals surface area contributed by atoms with Crippen molar-refractivity contribution in [3.8, 4) is 11.6 Å². The average Bonchev–Trinajstić information content (AvgIpc) is 2.89. The molecule has 2 N–H and O–H groups in total. The van der Waals surface area contributed by atoms with Crippen LogP contribution in [-0.4, -0.2) is 69.0 Å². The van der Waals surface area contributed by atoms with Gasteiger partial charge in [-0.15, -0.1) is 24.8 Å². The fraction of sp³-hybridized carbons (Fsp3) is 0.536. The second-order valence-electron chi connectivity index (χ2n) is 10.3. The molecule has 0 unspecified atom stereocenters. The monoisotopic (exact) mass is 566 g/mol. The van der Waals surface area contributed by atoms with E-state index in [4.69, 9.17) is 4.74 Å². The maximum atomic E-state index is 13.4. The van der Waals surface area contributed by atoms with Crippen LogP contribution in [0.2, 0.25) is 0 Å². The highest BCUT2D eigenvalue weighted by Gasteiger charge is 2.54. The number of unbranched alkanes of at least 4 members (excludes halogenated alkanes) is 1. The first-order valence-electron chi connectivity index (χ1n) is 13.0. The van der Waals surface area contributed by atoms with Crippen molar-refractivity contribution in [3.05, 3.63) is 54.2 Å². The summed E-state index contributed by atoms with van der Waals surface area (Å²) in [4.78, 5) is 35.4. The molecule has 8 nitrogen and oxygen atoms in total. The van der Waals surface area contributed by atoms with Crippen LogP contribution in [0.25, 0.3) is 0 Å². The minimum atomic E-state index is -0.899. The van der Waals surface area contributed by atoms with Gasteiger partial charge < -0.3 is 20.1 Å². The van der Waals surface area contributed by atoms with Gasteiger partial charge in [-0.05, 0) is 42.9 Å². The molecule has 38 heavy (non-hydrogen) atoms. The molecule has 2 atom stereocenters. The van der Waals surface area contributed by atoms with Crippen molar-refractivity contribution in [2.75, 3.05) is 19.6 Å². The summed E-state index contributed by atoms with van der Waals surface area (Å²) in [6, 6.07) is 12.6. The maximum absolute atomic E-state index is 13.4. The van der Waals surface area contributed by atoms with E-state index in [1.807, 2.05) is 62.5 Å². The van der Waals surface area contributed by atoms with E-state index in [-0.39, 0.29) is 42.5 Å². The number of benzene rings is 1. The van der Waals surface area contributed by atoms with Crippen molar-refractivity contribution in [1.82, 2.24) is 20.1 Å². The minimum absolute atomic E-state index is 0. The Hall–Kier alpha value is -2.39. The number of ether oxygens (including phenoxy) is 1. The number of nitrogens with zero attached hydrogens (tertiary/aromatic N) is 3. The Morgan fingerprint density at radius 2 is 1.79 bits per heavy atom. The first kappa shape index (κ1) is 31.8. The topological polar surface area (TPSA) is 95.0 Å². The number of amides is 2. The molecular weight excluding hydrogens is 527 g/mol. The van der Waals surface area contributed by atoms with Crippen LogP contribution >= 0.6 is 24.8 Å². The van der Waals surface area contributed by atoms with Crippen LogP contribution in [0.15, 0.2) is 48.7 Å². The number of nitrogens with one attached hydrogen (secondary N) is 1. The van der Waals surface area contributed by atoms with Gasteiger partial charge in [0.2, 0.25) is 17.7 Å². The van der Waals surface area contributed by atoms with Crippen molar-refractivity contribution in [2.24, 2.45) is 5.92 Å². The first-order valence-corrected chi connectivity index (χ1v) is 13.0. The summed E-state index contributed by atoms with van der Waals surface area (Å²) >= 11 is 0. The number of likely N-dealkylation sites (tertiary alicyclic amines) is 1. The van der Waals surface area contributed by atoms with Crippen molar-refractivity contribution in [2.45, 2.75) is 70.7 Å². The molecule has 0 bridgehead atoms. The molecular formula is C28H40Cl2N4O4. The van der Waals surface area contributed by atoms with Crippen LogP contribution in [0.4, 0.5) is 0 Å². The summed E-state index contributed by atoms with van der Waals surface area (Å²) < 4.78 is 5.78. The average molecular weight is 568 g/mol. The van der Waals surface area contributed by atoms with Crippen LogP contribution < -0.4 is 10.1 Å². The van der Waals surface area contributed by atoms with E-state index in [0.717, 1.165) is 24.2 Å². The summed E-state index contributed by atoms with van der Waals surface area (Å²) in [5.74, 6) is 0.878. The minimum Gasteiger partial charge on any atom is -0.439 e. The number of hydrogen-bond donors (Lipinski definition) is 2. The fourth-order valence-electron chi connectivity index (χ4n) is 5.11. The molecule has 4 rings (SSSR count). The number of piperidine rings is 1. The molecule has 0 radical (unpaired) electrons. The number of halogens is 2. The Labute approximate surface area is 238 Å². The second-order valence-corrected chi connectivity index (χ2v) is 10.3. The summed E-state index contributed by atoms with van der Waals surface area (Å²) in [6.07, 6.45) is 3.83. The molecule has 2 saturated heterocycles.